The number of hydrogen-bond acceptors (Lipinski definition) is 6. The predicted octanol–water partition coefficient (Wildman–Crippen LogP) is 4.47. The van der Waals surface area contributed by atoms with Gasteiger partial charge in [-0.15, -0.1) is 0 Å². The number of methoxy groups -OCH3 is 1. The Labute approximate surface area is 180 Å². The molecule has 0 saturated heterocycles. The Bertz CT molecular complexity index is 1200. The topological polar surface area (TPSA) is 89.1 Å². The fraction of sp³-hybridized carbons (Fsp3) is 0.208. The quantitative estimate of drug-likeness (QED) is 0.440. The van der Waals surface area contributed by atoms with Gasteiger partial charge in [-0.3, -0.25) is 14.8 Å². The van der Waals surface area contributed by atoms with Crippen molar-refractivity contribution in [1.82, 2.24) is 15.0 Å². The normalized spacial score (nSPS) is 11.9. The van der Waals surface area contributed by atoms with Gasteiger partial charge in [0.15, 0.2) is 0 Å². The van der Waals surface area contributed by atoms with Crippen LogP contribution in [-0.2, 0) is 11.3 Å². The summed E-state index contributed by atoms with van der Waals surface area (Å²) in [7, 11) is 1.72. The van der Waals surface area contributed by atoms with Crippen LogP contribution in [-0.4, -0.2) is 28.7 Å². The van der Waals surface area contributed by atoms with E-state index in [1.54, 1.807) is 19.4 Å². The molecule has 0 spiro atoms. The highest BCUT2D eigenvalue weighted by Crippen LogP contribution is 2.22. The molecule has 4 aromatic rings. The van der Waals surface area contributed by atoms with Crippen molar-refractivity contribution in [2.45, 2.75) is 19.4 Å². The van der Waals surface area contributed by atoms with Gasteiger partial charge < -0.3 is 14.8 Å². The van der Waals surface area contributed by atoms with Crippen molar-refractivity contribution in [2.75, 3.05) is 19.0 Å². The van der Waals surface area contributed by atoms with E-state index in [9.17, 15) is 4.79 Å². The highest BCUT2D eigenvalue weighted by molar-refractivity contribution is 5.76. The summed E-state index contributed by atoms with van der Waals surface area (Å²) >= 11 is 0. The van der Waals surface area contributed by atoms with Gasteiger partial charge in [-0.05, 0) is 41.5 Å². The number of ether oxygens (including phenoxy) is 2. The van der Waals surface area contributed by atoms with Gasteiger partial charge in [0, 0.05) is 31.5 Å². The monoisotopic (exact) mass is 416 g/mol. The van der Waals surface area contributed by atoms with Crippen LogP contribution in [0.2, 0.25) is 0 Å². The molecule has 1 atom stereocenters. The summed E-state index contributed by atoms with van der Waals surface area (Å²) in [5.74, 6) is 0.955. The molecule has 31 heavy (non-hydrogen) atoms. The number of H-pyrrole nitrogens is 1. The van der Waals surface area contributed by atoms with E-state index >= 15 is 0 Å². The third kappa shape index (κ3) is 5.07. The molecule has 0 aliphatic heterocycles. The van der Waals surface area contributed by atoms with Crippen molar-refractivity contribution in [1.29, 1.82) is 0 Å². The molecule has 0 aliphatic rings. The molecule has 2 aromatic heterocycles. The molecular formula is C24H24N4O3. The van der Waals surface area contributed by atoms with Crippen molar-refractivity contribution in [2.24, 2.45) is 0 Å². The predicted molar refractivity (Wildman–Crippen MR) is 121 cm³/mol. The lowest BCUT2D eigenvalue weighted by molar-refractivity contribution is 0.184. The lowest BCUT2D eigenvalue weighted by Crippen LogP contribution is -2.09. The summed E-state index contributed by atoms with van der Waals surface area (Å²) in [4.78, 5) is 23.1. The molecule has 0 radical (unpaired) electrons. The first-order chi connectivity index (χ1) is 15.1. The Morgan fingerprint density at radius 1 is 1.06 bits per heavy atom. The Hall–Kier alpha value is -3.71. The Morgan fingerprint density at radius 2 is 1.84 bits per heavy atom. The van der Waals surface area contributed by atoms with E-state index < -0.39 is 0 Å². The van der Waals surface area contributed by atoms with Crippen LogP contribution in [0.4, 0.5) is 5.69 Å². The minimum Gasteiger partial charge on any atom is -0.426 e. The minimum atomic E-state index is -0.261. The first-order valence-corrected chi connectivity index (χ1v) is 10.1. The zero-order valence-electron chi connectivity index (χ0n) is 17.5. The molecule has 2 aromatic carbocycles. The average molecular weight is 416 g/mol. The number of benzene rings is 2. The van der Waals surface area contributed by atoms with Crippen LogP contribution >= 0.6 is 0 Å². The summed E-state index contributed by atoms with van der Waals surface area (Å²) in [6.45, 7) is 3.58. The molecule has 0 fully saturated rings. The van der Waals surface area contributed by atoms with Crippen molar-refractivity contribution in [3.8, 4) is 11.8 Å². The summed E-state index contributed by atoms with van der Waals surface area (Å²) in [5, 5.41) is 3.87. The van der Waals surface area contributed by atoms with E-state index in [0.717, 1.165) is 5.69 Å². The maximum atomic E-state index is 12.1. The number of anilines is 1. The minimum absolute atomic E-state index is 0.133. The Morgan fingerprint density at radius 3 is 2.58 bits per heavy atom. The van der Waals surface area contributed by atoms with Gasteiger partial charge in [-0.1, -0.05) is 31.2 Å². The van der Waals surface area contributed by atoms with Crippen LogP contribution in [0.5, 0.6) is 11.8 Å². The number of nitrogens with zero attached hydrogens (tertiary/aromatic N) is 2. The van der Waals surface area contributed by atoms with E-state index in [1.807, 2.05) is 24.3 Å². The maximum absolute atomic E-state index is 12.1. The van der Waals surface area contributed by atoms with Gasteiger partial charge in [0.1, 0.15) is 5.75 Å². The molecule has 0 amide bonds. The molecule has 7 heteroatoms. The maximum Gasteiger partial charge on any atom is 0.302 e. The number of aromatic amines is 1. The number of aromatic nitrogens is 3. The molecule has 0 bridgehead atoms. The number of nitrogens with one attached hydrogen (secondary N) is 2. The molecule has 2 N–H and O–H groups in total. The second-order valence-corrected chi connectivity index (χ2v) is 7.34. The smallest absolute Gasteiger partial charge is 0.302 e. The van der Waals surface area contributed by atoms with Gasteiger partial charge in [0.25, 0.3) is 5.56 Å². The Balaban J connectivity index is 1.37. The van der Waals surface area contributed by atoms with Gasteiger partial charge in [0.05, 0.1) is 23.7 Å². The van der Waals surface area contributed by atoms with Crippen LogP contribution < -0.4 is 15.6 Å². The molecule has 0 aliphatic carbocycles. The number of rotatable bonds is 8. The third-order valence-electron chi connectivity index (χ3n) is 5.02. The largest absolute Gasteiger partial charge is 0.426 e. The first-order valence-electron chi connectivity index (χ1n) is 10.1. The van der Waals surface area contributed by atoms with Crippen molar-refractivity contribution >= 4 is 16.6 Å². The standard InChI is InChI=1S/C24H24N4O3/c1-16(15-30-2)18-5-3-17(4-6-18)13-26-19-7-9-20(10-8-19)31-24-27-22-14-25-12-11-21(22)23(29)28-24/h3-12,14,16,26H,13,15H2,1-2H3,(H,27,28,29). The van der Waals surface area contributed by atoms with E-state index in [2.05, 4.69) is 51.5 Å². The summed E-state index contributed by atoms with van der Waals surface area (Å²) in [6.07, 6.45) is 3.09. The number of pyridine rings is 1. The number of hydrogen-bond donors (Lipinski definition) is 2. The fourth-order valence-electron chi connectivity index (χ4n) is 3.28. The van der Waals surface area contributed by atoms with Gasteiger partial charge in [-0.25, -0.2) is 0 Å². The SMILES string of the molecule is COCC(C)c1ccc(CNc2ccc(Oc3nc4cnccc4c(=O)[nH]3)cc2)cc1. The van der Waals surface area contributed by atoms with Gasteiger partial charge in [0.2, 0.25) is 0 Å². The molecule has 1 unspecified atom stereocenters. The van der Waals surface area contributed by atoms with E-state index in [1.165, 1.54) is 17.3 Å². The molecule has 158 valence electrons. The highest BCUT2D eigenvalue weighted by Gasteiger charge is 2.07. The zero-order chi connectivity index (χ0) is 21.6. The van der Waals surface area contributed by atoms with Crippen LogP contribution in [0.3, 0.4) is 0 Å². The second kappa shape index (κ2) is 9.40. The third-order valence-corrected chi connectivity index (χ3v) is 5.02. The summed E-state index contributed by atoms with van der Waals surface area (Å²) in [6, 6.07) is 17.8. The second-order valence-electron chi connectivity index (χ2n) is 7.34. The van der Waals surface area contributed by atoms with Crippen LogP contribution in [0.25, 0.3) is 10.9 Å². The molecule has 7 nitrogen and oxygen atoms in total. The van der Waals surface area contributed by atoms with E-state index in [4.69, 9.17) is 9.47 Å². The van der Waals surface area contributed by atoms with Gasteiger partial charge in [-0.2, -0.15) is 4.98 Å². The zero-order valence-corrected chi connectivity index (χ0v) is 17.5. The lowest BCUT2D eigenvalue weighted by atomic mass is 10.0. The van der Waals surface area contributed by atoms with Crippen LogP contribution in [0.1, 0.15) is 24.0 Å². The fourth-order valence-corrected chi connectivity index (χ4v) is 3.28. The molecule has 0 saturated carbocycles. The van der Waals surface area contributed by atoms with Crippen molar-refractivity contribution in [3.63, 3.8) is 0 Å². The first kappa shape index (κ1) is 20.6. The Kier molecular flexibility index (Phi) is 6.24. The van der Waals surface area contributed by atoms with Gasteiger partial charge >= 0.3 is 6.01 Å². The van der Waals surface area contributed by atoms with E-state index in [-0.39, 0.29) is 11.6 Å². The molecular weight excluding hydrogens is 392 g/mol. The van der Waals surface area contributed by atoms with E-state index in [0.29, 0.717) is 35.7 Å². The lowest BCUT2D eigenvalue weighted by Gasteiger charge is -2.12. The van der Waals surface area contributed by atoms with Crippen LogP contribution in [0.15, 0.2) is 71.8 Å². The van der Waals surface area contributed by atoms with Crippen molar-refractivity contribution in [3.05, 3.63) is 88.5 Å². The highest BCUT2D eigenvalue weighted by atomic mass is 16.5. The number of fused-ring (bicyclic) bond motifs is 1. The van der Waals surface area contributed by atoms with Crippen molar-refractivity contribution < 1.29 is 9.47 Å². The molecule has 2 heterocycles. The average Bonchev–Trinajstić information content (AvgIpc) is 2.79. The summed E-state index contributed by atoms with van der Waals surface area (Å²) < 4.78 is 10.9. The van der Waals surface area contributed by atoms with Crippen LogP contribution in [0, 0.1) is 0 Å². The molecule has 4 rings (SSSR count). The summed E-state index contributed by atoms with van der Waals surface area (Å²) in [5.41, 5.74) is 3.65.